The van der Waals surface area contributed by atoms with Crippen molar-refractivity contribution < 1.29 is 52.6 Å². The fraction of sp³-hybridized carbons (Fsp3) is 0.684. The Labute approximate surface area is 306 Å². The van der Waals surface area contributed by atoms with Crippen LogP contribution in [0.4, 0.5) is 0 Å². The highest BCUT2D eigenvalue weighted by Gasteiger charge is 2.51. The van der Waals surface area contributed by atoms with Gasteiger partial charge in [-0.2, -0.15) is 0 Å². The van der Waals surface area contributed by atoms with Crippen LogP contribution in [0.1, 0.15) is 105 Å². The molecule has 0 radical (unpaired) electrons. The molecule has 4 fully saturated rings. The predicted octanol–water partition coefficient (Wildman–Crippen LogP) is 3.68. The van der Waals surface area contributed by atoms with E-state index < -0.39 is 29.9 Å². The van der Waals surface area contributed by atoms with Crippen molar-refractivity contribution in [2.75, 3.05) is 13.2 Å². The summed E-state index contributed by atoms with van der Waals surface area (Å²) in [7, 11) is 0. The highest BCUT2D eigenvalue weighted by atomic mass is 16.7. The number of hydrogen-bond donors (Lipinski definition) is 2. The third-order valence-electron chi connectivity index (χ3n) is 9.74. The summed E-state index contributed by atoms with van der Waals surface area (Å²) in [6.45, 7) is 10.3. The topological polar surface area (TPSA) is 179 Å². The summed E-state index contributed by atoms with van der Waals surface area (Å²) in [4.78, 5) is 76.1. The molecule has 14 nitrogen and oxygen atoms in total. The highest BCUT2D eigenvalue weighted by Crippen LogP contribution is 2.43. The number of epoxide rings is 1. The number of hydrogen-bond acceptors (Lipinski definition) is 11. The Bertz CT molecular complexity index is 1390. The van der Waals surface area contributed by atoms with Gasteiger partial charge in [0.25, 0.3) is 11.8 Å². The Kier molecular flexibility index (Phi) is 15.2. The minimum absolute atomic E-state index is 0.0122. The molecule has 0 aromatic heterocycles. The molecule has 4 amide bonds. The number of imide groups is 1. The minimum atomic E-state index is -0.618. The molecular weight excluding hydrogens is 674 g/mol. The van der Waals surface area contributed by atoms with Crippen molar-refractivity contribution in [2.45, 2.75) is 147 Å². The van der Waals surface area contributed by atoms with Crippen LogP contribution in [0, 0.1) is 5.92 Å². The molecule has 2 N–H and O–H groups in total. The van der Waals surface area contributed by atoms with Crippen LogP contribution in [0.3, 0.4) is 0 Å². The number of carbonyl (C=O) groups excluding carboxylic acids is 6. The average Bonchev–Trinajstić information content (AvgIpc) is 3.74. The fourth-order valence-corrected chi connectivity index (χ4v) is 6.76. The fourth-order valence-electron chi connectivity index (χ4n) is 6.76. The first-order valence-electron chi connectivity index (χ1n) is 18.5. The van der Waals surface area contributed by atoms with E-state index in [1.807, 2.05) is 26.0 Å². The molecule has 4 rings (SSSR count). The van der Waals surface area contributed by atoms with Gasteiger partial charge in [0.2, 0.25) is 11.8 Å². The molecular formula is C38H55N3O11. The summed E-state index contributed by atoms with van der Waals surface area (Å²) < 4.78 is 23.4. The van der Waals surface area contributed by atoms with Crippen LogP contribution in [0.15, 0.2) is 36.0 Å². The molecule has 0 aromatic rings. The highest BCUT2D eigenvalue weighted by molar-refractivity contribution is 6.01. The molecule has 4 aliphatic rings. The van der Waals surface area contributed by atoms with E-state index in [0.717, 1.165) is 24.8 Å². The third-order valence-corrected chi connectivity index (χ3v) is 9.74. The third kappa shape index (κ3) is 13.3. The van der Waals surface area contributed by atoms with Crippen LogP contribution in [0.5, 0.6) is 0 Å². The molecule has 1 unspecified atom stereocenters. The number of rotatable bonds is 17. The number of carbonyl (C=O) groups is 6. The Balaban J connectivity index is 1.13. The van der Waals surface area contributed by atoms with E-state index in [-0.39, 0.29) is 79.5 Å². The minimum Gasteiger partial charge on any atom is -0.459 e. The van der Waals surface area contributed by atoms with Gasteiger partial charge < -0.3 is 34.4 Å². The summed E-state index contributed by atoms with van der Waals surface area (Å²) in [5, 5.41) is 6.50. The summed E-state index contributed by atoms with van der Waals surface area (Å²) in [6, 6.07) is -0.125. The van der Waals surface area contributed by atoms with Gasteiger partial charge in [-0.1, -0.05) is 37.1 Å². The van der Waals surface area contributed by atoms with Crippen LogP contribution in [0.25, 0.3) is 0 Å². The molecule has 4 saturated heterocycles. The second kappa shape index (κ2) is 19.3. The smallest absolute Gasteiger partial charge is 0.333 e. The molecule has 0 bridgehead atoms. The average molecular weight is 730 g/mol. The number of nitrogens with one attached hydrogen (secondary N) is 2. The molecule has 0 aromatic carbocycles. The summed E-state index contributed by atoms with van der Waals surface area (Å²) in [5.74, 6) is -2.14. The van der Waals surface area contributed by atoms with Crippen LogP contribution in [-0.4, -0.2) is 95.9 Å². The molecule has 0 aliphatic carbocycles. The Hall–Kier alpha value is -3.88. The van der Waals surface area contributed by atoms with Gasteiger partial charge in [-0.05, 0) is 58.4 Å². The maximum atomic E-state index is 12.7. The van der Waals surface area contributed by atoms with Crippen LogP contribution >= 0.6 is 0 Å². The Morgan fingerprint density at radius 2 is 1.75 bits per heavy atom. The van der Waals surface area contributed by atoms with Crippen molar-refractivity contribution in [3.05, 3.63) is 36.0 Å². The predicted molar refractivity (Wildman–Crippen MR) is 188 cm³/mol. The Morgan fingerprint density at radius 1 is 1.02 bits per heavy atom. The van der Waals surface area contributed by atoms with Gasteiger partial charge in [0.15, 0.2) is 0 Å². The lowest BCUT2D eigenvalue weighted by atomic mass is 9.88. The summed E-state index contributed by atoms with van der Waals surface area (Å²) in [5.41, 5.74) is 0.838. The zero-order chi connectivity index (χ0) is 37.8. The Morgan fingerprint density at radius 3 is 2.44 bits per heavy atom. The van der Waals surface area contributed by atoms with E-state index in [1.165, 1.54) is 13.0 Å². The van der Waals surface area contributed by atoms with Crippen molar-refractivity contribution in [2.24, 2.45) is 5.92 Å². The van der Waals surface area contributed by atoms with Crippen molar-refractivity contribution in [3.63, 3.8) is 0 Å². The second-order valence-corrected chi connectivity index (χ2v) is 14.5. The lowest BCUT2D eigenvalue weighted by molar-refractivity contribution is -0.197. The number of nitrogens with zero attached hydrogens (tertiary/aromatic N) is 1. The number of unbranched alkanes of at least 4 members (excludes halogenated alkanes) is 2. The van der Waals surface area contributed by atoms with E-state index >= 15 is 0 Å². The molecule has 4 aliphatic heterocycles. The lowest BCUT2D eigenvalue weighted by Crippen LogP contribution is -2.50. The first-order chi connectivity index (χ1) is 24.7. The second-order valence-electron chi connectivity index (χ2n) is 14.5. The maximum absolute atomic E-state index is 12.7. The molecule has 14 heteroatoms. The molecule has 52 heavy (non-hydrogen) atoms. The van der Waals surface area contributed by atoms with Gasteiger partial charge in [-0.15, -0.1) is 5.06 Å². The normalized spacial score (nSPS) is 29.8. The van der Waals surface area contributed by atoms with E-state index in [1.54, 1.807) is 13.0 Å². The monoisotopic (exact) mass is 729 g/mol. The number of esters is 1. The van der Waals surface area contributed by atoms with Crippen molar-refractivity contribution in [3.8, 4) is 0 Å². The van der Waals surface area contributed by atoms with Crippen molar-refractivity contribution in [1.29, 1.82) is 0 Å². The molecule has 4 heterocycles. The molecule has 0 saturated carbocycles. The van der Waals surface area contributed by atoms with Gasteiger partial charge in [-0.25, -0.2) is 4.79 Å². The van der Waals surface area contributed by atoms with Gasteiger partial charge in [0.05, 0.1) is 49.1 Å². The lowest BCUT2D eigenvalue weighted by Gasteiger charge is -2.39. The first kappa shape index (κ1) is 40.9. The molecule has 8 atom stereocenters. The summed E-state index contributed by atoms with van der Waals surface area (Å²) in [6.07, 6.45) is 13.3. The molecule has 288 valence electrons. The van der Waals surface area contributed by atoms with Crippen LogP contribution in [-0.2, 0) is 52.6 Å². The molecule has 1 spiro atoms. The largest absolute Gasteiger partial charge is 0.459 e. The first-order valence-corrected chi connectivity index (χ1v) is 18.5. The van der Waals surface area contributed by atoms with Gasteiger partial charge in [0, 0.05) is 51.6 Å². The number of hydroxylamine groups is 2. The van der Waals surface area contributed by atoms with Crippen molar-refractivity contribution >= 4 is 35.6 Å². The van der Waals surface area contributed by atoms with E-state index in [0.29, 0.717) is 43.9 Å². The quantitative estimate of drug-likeness (QED) is 0.0557. The van der Waals surface area contributed by atoms with E-state index in [4.69, 9.17) is 23.8 Å². The van der Waals surface area contributed by atoms with Gasteiger partial charge >= 0.3 is 11.9 Å². The number of ether oxygens (including phenoxy) is 4. The van der Waals surface area contributed by atoms with Gasteiger partial charge in [0.1, 0.15) is 6.10 Å². The van der Waals surface area contributed by atoms with Crippen LogP contribution in [0.2, 0.25) is 0 Å². The summed E-state index contributed by atoms with van der Waals surface area (Å²) >= 11 is 0. The van der Waals surface area contributed by atoms with E-state index in [9.17, 15) is 28.8 Å². The standard InChI is InChI=1S/C38H55N3O11/c1-24(11-14-32-25(2)19-31(27(4)50-32)40-33(43)15-12-26(3)49-28(5)42)10-13-29-21-38(23-48-38)22-30(51-29)20-34(44)39-18-8-6-7-9-37(47)52-41-35(45)16-17-36(41)46/h10-13,15,25-27,29-32H,6-9,14,16-23H2,1-5H3,(H,39,44)(H,40,43)/b13-10+,15-12-,24-11+/t25-,26?,27+,29+,30+,31+,32-,38+/m0/s1. The number of amides is 4. The zero-order valence-electron chi connectivity index (χ0n) is 31.1. The van der Waals surface area contributed by atoms with Crippen LogP contribution < -0.4 is 10.6 Å². The SMILES string of the molecule is CC(=O)OC(C)/C=C\C(=O)N[C@@H]1C[C@H](C)[C@H](C/C=C(C)/C=C/[C@@H]2C[C@]3(CO3)C[C@@H](CC(=O)NCCCCCC(=O)ON3C(=O)CCC3=O)O2)O[C@@H]1C. The van der Waals surface area contributed by atoms with E-state index in [2.05, 4.69) is 23.6 Å². The zero-order valence-corrected chi connectivity index (χ0v) is 31.1. The van der Waals surface area contributed by atoms with Crippen molar-refractivity contribution in [1.82, 2.24) is 15.7 Å². The van der Waals surface area contributed by atoms with Gasteiger partial charge in [-0.3, -0.25) is 24.0 Å². The number of allylic oxidation sites excluding steroid dienone is 2. The maximum Gasteiger partial charge on any atom is 0.333 e.